The first-order valence-electron chi connectivity index (χ1n) is 4.28. The van der Waals surface area contributed by atoms with Gasteiger partial charge in [-0.1, -0.05) is 6.07 Å². The smallest absolute Gasteiger partial charge is 0.321 e. The third-order valence-corrected chi connectivity index (χ3v) is 3.94. The molecule has 0 saturated carbocycles. The molecule has 15 heavy (non-hydrogen) atoms. The van der Waals surface area contributed by atoms with Gasteiger partial charge in [0.05, 0.1) is 11.4 Å². The molecule has 0 fully saturated rings. The minimum atomic E-state index is -3.67. The van der Waals surface area contributed by atoms with Gasteiger partial charge in [0.25, 0.3) is 0 Å². The van der Waals surface area contributed by atoms with Crippen LogP contribution in [-0.2, 0) is 20.4 Å². The van der Waals surface area contributed by atoms with Crippen molar-refractivity contribution in [2.75, 3.05) is 0 Å². The third-order valence-electron chi connectivity index (χ3n) is 1.96. The molecule has 0 bridgehead atoms. The lowest BCUT2D eigenvalue weighted by Gasteiger charge is -2.07. The number of nitrogens with zero attached hydrogens (tertiary/aromatic N) is 1. The van der Waals surface area contributed by atoms with Crippen LogP contribution in [0.5, 0.6) is 0 Å². The Morgan fingerprint density at radius 3 is 2.67 bits per heavy atom. The number of hydrogen-bond acceptors (Lipinski definition) is 4. The average Bonchev–Trinajstić information content (AvgIpc) is 2.17. The minimum absolute atomic E-state index is 0.346. The van der Waals surface area contributed by atoms with Gasteiger partial charge < -0.3 is 5.11 Å². The van der Waals surface area contributed by atoms with E-state index in [1.54, 1.807) is 18.2 Å². The van der Waals surface area contributed by atoms with Crippen molar-refractivity contribution in [1.29, 1.82) is 0 Å². The SMILES string of the molecule is CC(C(=O)O)S(=O)(=O)Cc1ccccn1. The molecule has 0 spiro atoms. The summed E-state index contributed by atoms with van der Waals surface area (Å²) in [6.45, 7) is 1.15. The lowest BCUT2D eigenvalue weighted by Crippen LogP contribution is -2.28. The number of carbonyl (C=O) groups is 1. The Bertz CT molecular complexity index is 440. The predicted molar refractivity (Wildman–Crippen MR) is 54.0 cm³/mol. The molecule has 1 heterocycles. The second-order valence-corrected chi connectivity index (χ2v) is 5.43. The van der Waals surface area contributed by atoms with Gasteiger partial charge in [-0.2, -0.15) is 0 Å². The molecule has 1 N–H and O–H groups in total. The van der Waals surface area contributed by atoms with Crippen molar-refractivity contribution < 1.29 is 18.3 Å². The van der Waals surface area contributed by atoms with Crippen molar-refractivity contribution in [2.45, 2.75) is 17.9 Å². The summed E-state index contributed by atoms with van der Waals surface area (Å²) in [5.74, 6) is -1.69. The van der Waals surface area contributed by atoms with E-state index in [1.165, 1.54) is 6.20 Å². The van der Waals surface area contributed by atoms with Gasteiger partial charge in [0.1, 0.15) is 0 Å². The topological polar surface area (TPSA) is 84.3 Å². The first-order chi connectivity index (χ1) is 6.93. The molecule has 0 aliphatic rings. The van der Waals surface area contributed by atoms with Gasteiger partial charge in [-0.05, 0) is 19.1 Å². The van der Waals surface area contributed by atoms with Crippen molar-refractivity contribution >= 4 is 15.8 Å². The quantitative estimate of drug-likeness (QED) is 0.811. The number of carboxylic acid groups (broad SMARTS) is 1. The molecule has 5 nitrogen and oxygen atoms in total. The lowest BCUT2D eigenvalue weighted by atomic mass is 10.4. The summed E-state index contributed by atoms with van der Waals surface area (Å²) in [6.07, 6.45) is 1.47. The number of pyridine rings is 1. The molecule has 0 aromatic carbocycles. The van der Waals surface area contributed by atoms with Gasteiger partial charge in [0.15, 0.2) is 15.1 Å². The minimum Gasteiger partial charge on any atom is -0.480 e. The van der Waals surface area contributed by atoms with Crippen LogP contribution in [0.15, 0.2) is 24.4 Å². The van der Waals surface area contributed by atoms with Crippen LogP contribution in [0.3, 0.4) is 0 Å². The van der Waals surface area contributed by atoms with Crippen LogP contribution in [0, 0.1) is 0 Å². The zero-order valence-electron chi connectivity index (χ0n) is 8.12. The molecule has 0 amide bonds. The predicted octanol–water partition coefficient (Wildman–Crippen LogP) is 0.469. The Kier molecular flexibility index (Phi) is 3.41. The van der Waals surface area contributed by atoms with Gasteiger partial charge in [-0.25, -0.2) is 8.42 Å². The van der Waals surface area contributed by atoms with Crippen molar-refractivity contribution in [3.8, 4) is 0 Å². The van der Waals surface area contributed by atoms with Crippen LogP contribution < -0.4 is 0 Å². The molecule has 0 radical (unpaired) electrons. The summed E-state index contributed by atoms with van der Waals surface area (Å²) in [4.78, 5) is 14.4. The maximum absolute atomic E-state index is 11.5. The number of sulfone groups is 1. The molecular weight excluding hydrogens is 218 g/mol. The lowest BCUT2D eigenvalue weighted by molar-refractivity contribution is -0.136. The molecule has 6 heteroatoms. The Labute approximate surface area is 87.7 Å². The summed E-state index contributed by atoms with van der Waals surface area (Å²) < 4.78 is 23.0. The number of rotatable bonds is 4. The molecule has 1 atom stereocenters. The number of aliphatic carboxylic acids is 1. The number of hydrogen-bond donors (Lipinski definition) is 1. The standard InChI is InChI=1S/C9H11NO4S/c1-7(9(11)12)15(13,14)6-8-4-2-3-5-10-8/h2-5,7H,6H2,1H3,(H,11,12). The summed E-state index contributed by atoms with van der Waals surface area (Å²) >= 11 is 0. The maximum Gasteiger partial charge on any atom is 0.321 e. The highest BCUT2D eigenvalue weighted by molar-refractivity contribution is 7.91. The van der Waals surface area contributed by atoms with E-state index in [9.17, 15) is 13.2 Å². The fourth-order valence-corrected chi connectivity index (χ4v) is 2.11. The second-order valence-electron chi connectivity index (χ2n) is 3.11. The zero-order chi connectivity index (χ0) is 11.5. The second kappa shape index (κ2) is 4.39. The Morgan fingerprint density at radius 2 is 2.20 bits per heavy atom. The van der Waals surface area contributed by atoms with E-state index in [2.05, 4.69) is 4.98 Å². The van der Waals surface area contributed by atoms with Crippen LogP contribution in [0.2, 0.25) is 0 Å². The van der Waals surface area contributed by atoms with Gasteiger partial charge >= 0.3 is 5.97 Å². The van der Waals surface area contributed by atoms with Crippen LogP contribution >= 0.6 is 0 Å². The monoisotopic (exact) mass is 229 g/mol. The highest BCUT2D eigenvalue weighted by Gasteiger charge is 2.27. The fourth-order valence-electron chi connectivity index (χ4n) is 0.968. The zero-order valence-corrected chi connectivity index (χ0v) is 8.94. The van der Waals surface area contributed by atoms with E-state index in [1.807, 2.05) is 0 Å². The van der Waals surface area contributed by atoms with Crippen LogP contribution in [0.25, 0.3) is 0 Å². The van der Waals surface area contributed by atoms with Crippen molar-refractivity contribution in [3.63, 3.8) is 0 Å². The average molecular weight is 229 g/mol. The summed E-state index contributed by atoms with van der Waals surface area (Å²) in [7, 11) is -3.67. The number of carboxylic acids is 1. The molecule has 1 unspecified atom stereocenters. The van der Waals surface area contributed by atoms with Gasteiger partial charge in [0.2, 0.25) is 0 Å². The summed E-state index contributed by atoms with van der Waals surface area (Å²) in [5.41, 5.74) is 0.352. The molecule has 82 valence electrons. The third kappa shape index (κ3) is 3.02. The molecule has 1 aromatic rings. The van der Waals surface area contributed by atoms with E-state index in [4.69, 9.17) is 5.11 Å². The maximum atomic E-state index is 11.5. The van der Waals surface area contributed by atoms with Gasteiger partial charge in [-0.15, -0.1) is 0 Å². The van der Waals surface area contributed by atoms with Crippen LogP contribution in [0.4, 0.5) is 0 Å². The van der Waals surface area contributed by atoms with E-state index < -0.39 is 21.1 Å². The summed E-state index contributed by atoms with van der Waals surface area (Å²) in [5, 5.41) is 7.19. The Morgan fingerprint density at radius 1 is 1.53 bits per heavy atom. The van der Waals surface area contributed by atoms with Crippen molar-refractivity contribution in [3.05, 3.63) is 30.1 Å². The first kappa shape index (κ1) is 11.6. The molecule has 0 saturated heterocycles. The molecule has 1 rings (SSSR count). The highest BCUT2D eigenvalue weighted by Crippen LogP contribution is 2.09. The molecule has 0 aliphatic carbocycles. The Balaban J connectivity index is 2.87. The number of aromatic nitrogens is 1. The molecule has 1 aromatic heterocycles. The fraction of sp³-hybridized carbons (Fsp3) is 0.333. The van der Waals surface area contributed by atoms with E-state index in [0.29, 0.717) is 5.69 Å². The van der Waals surface area contributed by atoms with Gasteiger partial charge in [0, 0.05) is 6.20 Å². The summed E-state index contributed by atoms with van der Waals surface area (Å²) in [6, 6.07) is 4.87. The van der Waals surface area contributed by atoms with Crippen molar-refractivity contribution in [2.24, 2.45) is 0 Å². The largest absolute Gasteiger partial charge is 0.480 e. The van der Waals surface area contributed by atoms with Crippen molar-refractivity contribution in [1.82, 2.24) is 4.98 Å². The molecular formula is C9H11NO4S. The Hall–Kier alpha value is -1.43. The van der Waals surface area contributed by atoms with Gasteiger partial charge in [-0.3, -0.25) is 9.78 Å². The molecule has 0 aliphatic heterocycles. The van der Waals surface area contributed by atoms with Crippen LogP contribution in [0.1, 0.15) is 12.6 Å². The van der Waals surface area contributed by atoms with E-state index in [0.717, 1.165) is 6.92 Å². The van der Waals surface area contributed by atoms with E-state index in [-0.39, 0.29) is 5.75 Å². The normalized spacial score (nSPS) is 13.4. The highest BCUT2D eigenvalue weighted by atomic mass is 32.2. The van der Waals surface area contributed by atoms with Crippen LogP contribution in [-0.4, -0.2) is 29.7 Å². The van der Waals surface area contributed by atoms with E-state index >= 15 is 0 Å². The first-order valence-corrected chi connectivity index (χ1v) is 5.99.